The molecule has 0 aromatic heterocycles. The molecular formula is C12H10ClNO2. The summed E-state index contributed by atoms with van der Waals surface area (Å²) < 4.78 is 0. The van der Waals surface area contributed by atoms with Crippen molar-refractivity contribution < 1.29 is 9.59 Å². The van der Waals surface area contributed by atoms with Crippen LogP contribution in [0.2, 0.25) is 0 Å². The number of allylic oxidation sites excluding steroid dienone is 1. The number of imide groups is 1. The van der Waals surface area contributed by atoms with Gasteiger partial charge in [-0.1, -0.05) is 29.8 Å². The molecule has 1 aromatic rings. The highest BCUT2D eigenvalue weighted by Gasteiger charge is 2.34. The van der Waals surface area contributed by atoms with Crippen LogP contribution in [-0.2, 0) is 0 Å². The molecule has 1 aromatic carbocycles. The van der Waals surface area contributed by atoms with Gasteiger partial charge in [0.1, 0.15) is 0 Å². The zero-order chi connectivity index (χ0) is 11.7. The number of hydrogen-bond donors (Lipinski definition) is 0. The van der Waals surface area contributed by atoms with Crippen molar-refractivity contribution in [3.63, 3.8) is 0 Å². The highest BCUT2D eigenvalue weighted by Crippen LogP contribution is 2.22. The molecule has 0 fully saturated rings. The van der Waals surface area contributed by atoms with Gasteiger partial charge in [0, 0.05) is 11.6 Å². The van der Waals surface area contributed by atoms with E-state index in [9.17, 15) is 9.59 Å². The van der Waals surface area contributed by atoms with Crippen molar-refractivity contribution in [2.24, 2.45) is 0 Å². The highest BCUT2D eigenvalue weighted by atomic mass is 35.5. The number of benzene rings is 1. The Morgan fingerprint density at radius 3 is 2.19 bits per heavy atom. The van der Waals surface area contributed by atoms with E-state index in [4.69, 9.17) is 11.6 Å². The fourth-order valence-electron chi connectivity index (χ4n) is 1.62. The number of amides is 2. The standard InChI is InChI=1S/C12H10ClNO2/c1-8(13)6-7-14-11(15)9-4-2-3-5-10(9)12(14)16/h2-6H,7H2,1H3/b8-6-. The molecule has 0 saturated carbocycles. The first-order valence-corrected chi connectivity index (χ1v) is 5.26. The molecule has 1 heterocycles. The lowest BCUT2D eigenvalue weighted by Crippen LogP contribution is -2.29. The van der Waals surface area contributed by atoms with Crippen molar-refractivity contribution in [1.29, 1.82) is 0 Å². The lowest BCUT2D eigenvalue weighted by molar-refractivity contribution is 0.0672. The highest BCUT2D eigenvalue weighted by molar-refractivity contribution is 6.29. The van der Waals surface area contributed by atoms with Crippen molar-refractivity contribution in [2.75, 3.05) is 6.54 Å². The van der Waals surface area contributed by atoms with Crippen LogP contribution in [0, 0.1) is 0 Å². The van der Waals surface area contributed by atoms with E-state index in [0.29, 0.717) is 16.2 Å². The summed E-state index contributed by atoms with van der Waals surface area (Å²) >= 11 is 5.67. The molecule has 2 rings (SSSR count). The molecule has 0 radical (unpaired) electrons. The first kappa shape index (κ1) is 10.9. The van der Waals surface area contributed by atoms with Crippen molar-refractivity contribution in [3.05, 3.63) is 46.5 Å². The third-order valence-electron chi connectivity index (χ3n) is 2.43. The molecule has 2 amide bonds. The minimum atomic E-state index is -0.255. The fourth-order valence-corrected chi connectivity index (χ4v) is 1.69. The summed E-state index contributed by atoms with van der Waals surface area (Å²) in [6.07, 6.45) is 1.64. The van der Waals surface area contributed by atoms with Crippen molar-refractivity contribution in [1.82, 2.24) is 4.90 Å². The van der Waals surface area contributed by atoms with Crippen LogP contribution in [0.1, 0.15) is 27.6 Å². The molecule has 1 aliphatic heterocycles. The van der Waals surface area contributed by atoms with E-state index in [1.54, 1.807) is 37.3 Å². The monoisotopic (exact) mass is 235 g/mol. The molecule has 0 spiro atoms. The average molecular weight is 236 g/mol. The van der Waals surface area contributed by atoms with Gasteiger partial charge in [0.25, 0.3) is 11.8 Å². The summed E-state index contributed by atoms with van der Waals surface area (Å²) in [6.45, 7) is 1.93. The first-order valence-electron chi connectivity index (χ1n) is 4.88. The van der Waals surface area contributed by atoms with Gasteiger partial charge in [-0.3, -0.25) is 14.5 Å². The topological polar surface area (TPSA) is 37.4 Å². The molecule has 1 aliphatic rings. The van der Waals surface area contributed by atoms with Gasteiger partial charge >= 0.3 is 0 Å². The van der Waals surface area contributed by atoms with Crippen LogP contribution in [0.25, 0.3) is 0 Å². The fraction of sp³-hybridized carbons (Fsp3) is 0.167. The number of nitrogens with zero attached hydrogens (tertiary/aromatic N) is 1. The predicted octanol–water partition coefficient (Wildman–Crippen LogP) is 2.43. The van der Waals surface area contributed by atoms with Crippen LogP contribution in [0.4, 0.5) is 0 Å². The van der Waals surface area contributed by atoms with Crippen molar-refractivity contribution in [3.8, 4) is 0 Å². The van der Waals surface area contributed by atoms with E-state index < -0.39 is 0 Å². The molecule has 16 heavy (non-hydrogen) atoms. The second-order valence-corrected chi connectivity index (χ2v) is 4.15. The zero-order valence-electron chi connectivity index (χ0n) is 8.74. The zero-order valence-corrected chi connectivity index (χ0v) is 9.49. The molecule has 82 valence electrons. The third kappa shape index (κ3) is 1.74. The van der Waals surface area contributed by atoms with Crippen molar-refractivity contribution in [2.45, 2.75) is 6.92 Å². The summed E-state index contributed by atoms with van der Waals surface area (Å²) in [5.74, 6) is -0.510. The van der Waals surface area contributed by atoms with Gasteiger partial charge in [-0.15, -0.1) is 0 Å². The smallest absolute Gasteiger partial charge is 0.261 e. The average Bonchev–Trinajstić information content (AvgIpc) is 2.50. The Labute approximate surface area is 98.3 Å². The Morgan fingerprint density at radius 1 is 1.25 bits per heavy atom. The Kier molecular flexibility index (Phi) is 2.79. The van der Waals surface area contributed by atoms with Crippen LogP contribution in [0.15, 0.2) is 35.4 Å². The second kappa shape index (κ2) is 4.10. The van der Waals surface area contributed by atoms with Crippen LogP contribution in [0.3, 0.4) is 0 Å². The molecule has 0 N–H and O–H groups in total. The van der Waals surface area contributed by atoms with Crippen LogP contribution < -0.4 is 0 Å². The van der Waals surface area contributed by atoms with Gasteiger partial charge in [-0.25, -0.2) is 0 Å². The van der Waals surface area contributed by atoms with Crippen LogP contribution in [0.5, 0.6) is 0 Å². The van der Waals surface area contributed by atoms with Crippen LogP contribution >= 0.6 is 11.6 Å². The first-order chi connectivity index (χ1) is 7.61. The summed E-state index contributed by atoms with van der Waals surface area (Å²) in [4.78, 5) is 24.9. The maximum absolute atomic E-state index is 11.9. The van der Waals surface area contributed by atoms with E-state index in [-0.39, 0.29) is 18.4 Å². The van der Waals surface area contributed by atoms with Gasteiger partial charge in [0.2, 0.25) is 0 Å². The number of halogens is 1. The van der Waals surface area contributed by atoms with Gasteiger partial charge < -0.3 is 0 Å². The Bertz CT molecular complexity index is 455. The number of rotatable bonds is 2. The summed E-state index contributed by atoms with van der Waals surface area (Å²) in [5, 5.41) is 0.566. The summed E-state index contributed by atoms with van der Waals surface area (Å²) in [7, 11) is 0. The maximum Gasteiger partial charge on any atom is 0.261 e. The Morgan fingerprint density at radius 2 is 1.75 bits per heavy atom. The summed E-state index contributed by atoms with van der Waals surface area (Å²) in [6, 6.07) is 6.81. The van der Waals surface area contributed by atoms with E-state index in [0.717, 1.165) is 0 Å². The second-order valence-electron chi connectivity index (χ2n) is 3.56. The third-order valence-corrected chi connectivity index (χ3v) is 2.59. The quantitative estimate of drug-likeness (QED) is 0.739. The van der Waals surface area contributed by atoms with Gasteiger partial charge in [0.05, 0.1) is 11.1 Å². The molecule has 0 unspecified atom stereocenters. The minimum absolute atomic E-state index is 0.224. The molecule has 0 aliphatic carbocycles. The SMILES string of the molecule is C/C(Cl)=C/CN1C(=O)c2ccccc2C1=O. The van der Waals surface area contributed by atoms with Crippen molar-refractivity contribution >= 4 is 23.4 Å². The number of fused-ring (bicyclic) bond motifs is 1. The Hall–Kier alpha value is -1.61. The molecule has 0 bridgehead atoms. The Balaban J connectivity index is 2.32. The number of hydrogen-bond acceptors (Lipinski definition) is 2. The van der Waals surface area contributed by atoms with Gasteiger partial charge in [-0.05, 0) is 19.1 Å². The van der Waals surface area contributed by atoms with E-state index in [2.05, 4.69) is 0 Å². The number of carbonyl (C=O) groups is 2. The lowest BCUT2D eigenvalue weighted by atomic mass is 10.1. The normalized spacial score (nSPS) is 15.6. The van der Waals surface area contributed by atoms with E-state index in [1.165, 1.54) is 4.90 Å². The molecular weight excluding hydrogens is 226 g/mol. The summed E-state index contributed by atoms with van der Waals surface area (Å²) in [5.41, 5.74) is 0.932. The lowest BCUT2D eigenvalue weighted by Gasteiger charge is -2.10. The molecule has 4 heteroatoms. The largest absolute Gasteiger partial charge is 0.270 e. The molecule has 0 atom stereocenters. The van der Waals surface area contributed by atoms with E-state index >= 15 is 0 Å². The molecule has 0 saturated heterocycles. The maximum atomic E-state index is 11.9. The predicted molar refractivity (Wildman–Crippen MR) is 61.4 cm³/mol. The van der Waals surface area contributed by atoms with Gasteiger partial charge in [-0.2, -0.15) is 0 Å². The minimum Gasteiger partial charge on any atom is -0.270 e. The number of carbonyl (C=O) groups excluding carboxylic acids is 2. The van der Waals surface area contributed by atoms with Crippen LogP contribution in [-0.4, -0.2) is 23.3 Å². The molecule has 3 nitrogen and oxygen atoms in total. The van der Waals surface area contributed by atoms with Gasteiger partial charge in [0.15, 0.2) is 0 Å². The van der Waals surface area contributed by atoms with E-state index in [1.807, 2.05) is 0 Å².